The molecule has 1 fully saturated rings. The SMILES string of the molecule is CC(C)(c1ccccc1)c1nc(-c2cn(C(C)(C)c3ccccc3)c3cc(N4CCOCC4)c(F)cc3c2=O)no1. The highest BCUT2D eigenvalue weighted by Crippen LogP contribution is 2.35. The number of nitrogens with zero attached hydrogens (tertiary/aromatic N) is 4. The number of aromatic nitrogens is 3. The molecule has 0 unspecified atom stereocenters. The van der Waals surface area contributed by atoms with Crippen LogP contribution in [0.2, 0.25) is 0 Å². The summed E-state index contributed by atoms with van der Waals surface area (Å²) in [4.78, 5) is 20.6. The zero-order valence-electron chi connectivity index (χ0n) is 23.7. The van der Waals surface area contributed by atoms with Crippen molar-refractivity contribution in [2.75, 3.05) is 31.2 Å². The molecule has 5 aromatic rings. The predicted octanol–water partition coefficient (Wildman–Crippen LogP) is 6.14. The van der Waals surface area contributed by atoms with Crippen LogP contribution < -0.4 is 10.3 Å². The van der Waals surface area contributed by atoms with E-state index in [1.807, 2.05) is 84.0 Å². The van der Waals surface area contributed by atoms with Gasteiger partial charge in [-0.05, 0) is 51.0 Å². The van der Waals surface area contributed by atoms with Gasteiger partial charge < -0.3 is 18.7 Å². The molecule has 8 heteroatoms. The number of hydrogen-bond acceptors (Lipinski definition) is 6. The maximum absolute atomic E-state index is 15.6. The first kappa shape index (κ1) is 26.9. The summed E-state index contributed by atoms with van der Waals surface area (Å²) in [7, 11) is 0. The van der Waals surface area contributed by atoms with Crippen molar-refractivity contribution in [1.29, 1.82) is 0 Å². The van der Waals surface area contributed by atoms with E-state index in [0.29, 0.717) is 43.4 Å². The van der Waals surface area contributed by atoms with E-state index < -0.39 is 16.8 Å². The average molecular weight is 553 g/mol. The standard InChI is InChI=1S/C33H33FN4O3/c1-32(2,22-11-7-5-8-12-22)31-35-30(36-41-31)25-21-38(33(3,4)23-13-9-6-10-14-23)27-20-28(37-15-17-40-18-16-37)26(34)19-24(27)29(25)39/h5-14,19-21H,15-18H2,1-4H3. The summed E-state index contributed by atoms with van der Waals surface area (Å²) in [6.45, 7) is 10.4. The zero-order chi connectivity index (χ0) is 28.8. The lowest BCUT2D eigenvalue weighted by Gasteiger charge is -2.33. The Morgan fingerprint density at radius 3 is 2.17 bits per heavy atom. The summed E-state index contributed by atoms with van der Waals surface area (Å²) >= 11 is 0. The van der Waals surface area contributed by atoms with Crippen molar-refractivity contribution >= 4 is 16.6 Å². The maximum atomic E-state index is 15.6. The number of pyridine rings is 1. The average Bonchev–Trinajstić information content (AvgIpc) is 3.50. The molecule has 0 atom stereocenters. The number of halogens is 1. The first-order chi connectivity index (χ1) is 19.7. The van der Waals surface area contributed by atoms with Crippen molar-refractivity contribution in [2.24, 2.45) is 0 Å². The van der Waals surface area contributed by atoms with Gasteiger partial charge in [0.15, 0.2) is 0 Å². The van der Waals surface area contributed by atoms with Crippen molar-refractivity contribution < 1.29 is 13.7 Å². The van der Waals surface area contributed by atoms with Crippen molar-refractivity contribution in [3.63, 3.8) is 0 Å². The Morgan fingerprint density at radius 1 is 0.878 bits per heavy atom. The molecule has 3 aromatic carbocycles. The van der Waals surface area contributed by atoms with Gasteiger partial charge in [-0.3, -0.25) is 4.79 Å². The molecule has 0 saturated carbocycles. The fourth-order valence-electron chi connectivity index (χ4n) is 5.55. The molecule has 1 aliphatic heterocycles. The van der Waals surface area contributed by atoms with Crippen molar-refractivity contribution in [2.45, 2.75) is 38.6 Å². The second-order valence-corrected chi connectivity index (χ2v) is 11.5. The van der Waals surface area contributed by atoms with Gasteiger partial charge in [0.25, 0.3) is 0 Å². The number of morpholine rings is 1. The van der Waals surface area contributed by atoms with E-state index in [4.69, 9.17) is 14.2 Å². The van der Waals surface area contributed by atoms with Gasteiger partial charge in [-0.2, -0.15) is 4.98 Å². The summed E-state index contributed by atoms with van der Waals surface area (Å²) < 4.78 is 28.9. The largest absolute Gasteiger partial charge is 0.378 e. The molecule has 7 nitrogen and oxygen atoms in total. The molecule has 210 valence electrons. The number of fused-ring (bicyclic) bond motifs is 1. The van der Waals surface area contributed by atoms with Gasteiger partial charge in [0.2, 0.25) is 17.1 Å². The fourth-order valence-corrected chi connectivity index (χ4v) is 5.55. The minimum absolute atomic E-state index is 0.172. The molecule has 0 N–H and O–H groups in total. The van der Waals surface area contributed by atoms with Crippen molar-refractivity contribution in [3.8, 4) is 11.4 Å². The molecule has 0 radical (unpaired) electrons. The van der Waals surface area contributed by atoms with Gasteiger partial charge in [-0.15, -0.1) is 0 Å². The van der Waals surface area contributed by atoms with Crippen LogP contribution in [-0.4, -0.2) is 41.0 Å². The fraction of sp³-hybridized carbons (Fsp3) is 0.303. The van der Waals surface area contributed by atoms with Gasteiger partial charge >= 0.3 is 0 Å². The van der Waals surface area contributed by atoms with Crippen LogP contribution in [0.15, 0.2) is 88.3 Å². The van der Waals surface area contributed by atoms with E-state index in [2.05, 4.69) is 19.0 Å². The van der Waals surface area contributed by atoms with E-state index in [1.54, 1.807) is 12.3 Å². The quantitative estimate of drug-likeness (QED) is 0.252. The smallest absolute Gasteiger partial charge is 0.237 e. The molecular formula is C33H33FN4O3. The third-order valence-corrected chi connectivity index (χ3v) is 8.20. The van der Waals surface area contributed by atoms with Gasteiger partial charge in [0.1, 0.15) is 5.82 Å². The summed E-state index contributed by atoms with van der Waals surface area (Å²) in [6.07, 6.45) is 1.78. The number of benzene rings is 3. The van der Waals surface area contributed by atoms with Crippen molar-refractivity contribution in [1.82, 2.24) is 14.7 Å². The van der Waals surface area contributed by atoms with Crippen LogP contribution in [0.25, 0.3) is 22.3 Å². The highest BCUT2D eigenvalue weighted by molar-refractivity contribution is 5.87. The predicted molar refractivity (Wildman–Crippen MR) is 158 cm³/mol. The molecule has 6 rings (SSSR count). The number of anilines is 1. The summed E-state index contributed by atoms with van der Waals surface area (Å²) in [5.41, 5.74) is 1.85. The van der Waals surface area contributed by atoms with Gasteiger partial charge in [0.05, 0.1) is 40.9 Å². The number of hydrogen-bond donors (Lipinski definition) is 0. The second-order valence-electron chi connectivity index (χ2n) is 11.5. The van der Waals surface area contributed by atoms with Crippen LogP contribution in [-0.2, 0) is 15.7 Å². The second kappa shape index (κ2) is 10.3. The van der Waals surface area contributed by atoms with Crippen LogP contribution in [0.3, 0.4) is 0 Å². The lowest BCUT2D eigenvalue weighted by atomic mass is 9.84. The monoisotopic (exact) mass is 552 g/mol. The molecule has 2 aromatic heterocycles. The Hall–Kier alpha value is -4.30. The van der Waals surface area contributed by atoms with Crippen LogP contribution in [0.4, 0.5) is 10.1 Å². The molecule has 41 heavy (non-hydrogen) atoms. The summed E-state index contributed by atoms with van der Waals surface area (Å²) in [5, 5.41) is 4.50. The van der Waals surface area contributed by atoms with Crippen LogP contribution in [0.1, 0.15) is 44.7 Å². The lowest BCUT2D eigenvalue weighted by molar-refractivity contribution is 0.122. The normalized spacial score (nSPS) is 14.5. The third-order valence-electron chi connectivity index (χ3n) is 8.20. The van der Waals surface area contributed by atoms with E-state index in [1.165, 1.54) is 6.07 Å². The Kier molecular flexibility index (Phi) is 6.74. The molecule has 1 aliphatic rings. The molecular weight excluding hydrogens is 519 g/mol. The molecule has 1 saturated heterocycles. The molecule has 0 bridgehead atoms. The number of rotatable bonds is 6. The Bertz CT molecular complexity index is 1750. The van der Waals surface area contributed by atoms with E-state index in [0.717, 1.165) is 11.1 Å². The first-order valence-corrected chi connectivity index (χ1v) is 13.9. The minimum Gasteiger partial charge on any atom is -0.378 e. The molecule has 3 heterocycles. The summed E-state index contributed by atoms with van der Waals surface area (Å²) in [6, 6.07) is 23.0. The molecule has 0 amide bonds. The Labute approximate surface area is 238 Å². The minimum atomic E-state index is -0.599. The first-order valence-electron chi connectivity index (χ1n) is 13.9. The van der Waals surface area contributed by atoms with E-state index in [9.17, 15) is 4.79 Å². The third kappa shape index (κ3) is 4.72. The topological polar surface area (TPSA) is 73.4 Å². The Balaban J connectivity index is 1.56. The van der Waals surface area contributed by atoms with Gasteiger partial charge in [-0.25, -0.2) is 4.39 Å². The number of ether oxygens (including phenoxy) is 1. The lowest BCUT2D eigenvalue weighted by Crippen LogP contribution is -2.37. The molecule has 0 aliphatic carbocycles. The molecule has 0 spiro atoms. The van der Waals surface area contributed by atoms with E-state index >= 15 is 4.39 Å². The highest BCUT2D eigenvalue weighted by atomic mass is 19.1. The maximum Gasteiger partial charge on any atom is 0.237 e. The van der Waals surface area contributed by atoms with Crippen LogP contribution >= 0.6 is 0 Å². The van der Waals surface area contributed by atoms with Crippen molar-refractivity contribution in [3.05, 3.63) is 112 Å². The van der Waals surface area contributed by atoms with Gasteiger partial charge in [0, 0.05) is 24.7 Å². The van der Waals surface area contributed by atoms with Crippen LogP contribution in [0.5, 0.6) is 0 Å². The Morgan fingerprint density at radius 2 is 1.51 bits per heavy atom. The van der Waals surface area contributed by atoms with Crippen LogP contribution in [0, 0.1) is 5.82 Å². The van der Waals surface area contributed by atoms with E-state index in [-0.39, 0.29) is 22.2 Å². The summed E-state index contributed by atoms with van der Waals surface area (Å²) in [5.74, 6) is 0.115. The zero-order valence-corrected chi connectivity index (χ0v) is 23.7. The van der Waals surface area contributed by atoms with Gasteiger partial charge in [-0.1, -0.05) is 65.8 Å². The highest BCUT2D eigenvalue weighted by Gasteiger charge is 2.32.